The standard InChI is InChI=1S/C28H33F3N6/c1-19-6-5-11-37(16-19)17-20-12-24(28(29,30)31)25(33-14-20)15-32-23-10-4-9-22(13-23)26(21-7-3-8-21)27-35-34-18-36(27)2/h4,9-10,12-15,18-19,21,26H,3,5-8,11,16-17H2,1-2H3/b32-15+/t19-,26?/m0/s1. The van der Waals surface area contributed by atoms with Crippen LogP contribution < -0.4 is 0 Å². The molecule has 9 heteroatoms. The molecule has 2 aliphatic rings. The number of halogens is 3. The SMILES string of the molecule is C[C@H]1CCCN(Cc2cnc(/C=N/c3cccc(C(c4nncn4C)C4CCC4)c3)c(C(F)(F)F)c2)C1. The van der Waals surface area contributed by atoms with Crippen LogP contribution in [0.25, 0.3) is 0 Å². The number of pyridine rings is 1. The van der Waals surface area contributed by atoms with Gasteiger partial charge >= 0.3 is 6.18 Å². The minimum atomic E-state index is -4.51. The van der Waals surface area contributed by atoms with Gasteiger partial charge in [0, 0.05) is 32.3 Å². The van der Waals surface area contributed by atoms with Gasteiger partial charge in [-0.3, -0.25) is 14.9 Å². The summed E-state index contributed by atoms with van der Waals surface area (Å²) in [5, 5.41) is 8.40. The molecule has 0 amide bonds. The number of aryl methyl sites for hydroxylation is 1. The van der Waals surface area contributed by atoms with E-state index in [0.29, 0.717) is 29.6 Å². The lowest BCUT2D eigenvalue weighted by atomic mass is 9.72. The predicted molar refractivity (Wildman–Crippen MR) is 137 cm³/mol. The Labute approximate surface area is 215 Å². The molecule has 196 valence electrons. The summed E-state index contributed by atoms with van der Waals surface area (Å²) in [5.41, 5.74) is 1.29. The van der Waals surface area contributed by atoms with Gasteiger partial charge in [-0.25, -0.2) is 0 Å². The molecule has 2 aromatic heterocycles. The summed E-state index contributed by atoms with van der Waals surface area (Å²) in [4.78, 5) is 10.8. The number of benzene rings is 1. The van der Waals surface area contributed by atoms with Crippen LogP contribution in [0.2, 0.25) is 0 Å². The fourth-order valence-corrected chi connectivity index (χ4v) is 5.54. The van der Waals surface area contributed by atoms with Gasteiger partial charge in [0.25, 0.3) is 0 Å². The van der Waals surface area contributed by atoms with E-state index in [0.717, 1.165) is 43.7 Å². The number of aliphatic imine (C=N–C) groups is 1. The molecular weight excluding hydrogens is 477 g/mol. The van der Waals surface area contributed by atoms with Gasteiger partial charge in [-0.05, 0) is 73.4 Å². The Morgan fingerprint density at radius 1 is 1.16 bits per heavy atom. The number of alkyl halides is 3. The van der Waals surface area contributed by atoms with Crippen LogP contribution in [-0.2, 0) is 19.8 Å². The van der Waals surface area contributed by atoms with Crippen LogP contribution in [-0.4, -0.2) is 44.0 Å². The van der Waals surface area contributed by atoms with Gasteiger partial charge in [0.05, 0.1) is 23.2 Å². The number of hydrogen-bond donors (Lipinski definition) is 0. The summed E-state index contributed by atoms with van der Waals surface area (Å²) in [5.74, 6) is 2.00. The summed E-state index contributed by atoms with van der Waals surface area (Å²) in [6, 6.07) is 8.89. The van der Waals surface area contributed by atoms with Crippen molar-refractivity contribution in [2.45, 2.75) is 57.7 Å². The normalized spacial score (nSPS) is 20.3. The number of hydrogen-bond acceptors (Lipinski definition) is 5. The highest BCUT2D eigenvalue weighted by Gasteiger charge is 2.35. The zero-order chi connectivity index (χ0) is 26.0. The summed E-state index contributed by atoms with van der Waals surface area (Å²) in [7, 11) is 1.93. The molecule has 0 radical (unpaired) electrons. The Morgan fingerprint density at radius 2 is 2.00 bits per heavy atom. The zero-order valence-electron chi connectivity index (χ0n) is 21.3. The van der Waals surface area contributed by atoms with Crippen LogP contribution in [0, 0.1) is 11.8 Å². The summed E-state index contributed by atoms with van der Waals surface area (Å²) in [6.45, 7) is 4.46. The monoisotopic (exact) mass is 510 g/mol. The summed E-state index contributed by atoms with van der Waals surface area (Å²) < 4.78 is 43.8. The maximum absolute atomic E-state index is 14.0. The van der Waals surface area contributed by atoms with Crippen LogP contribution in [0.15, 0.2) is 47.8 Å². The lowest BCUT2D eigenvalue weighted by molar-refractivity contribution is -0.138. The van der Waals surface area contributed by atoms with Crippen LogP contribution in [0.1, 0.15) is 73.2 Å². The lowest BCUT2D eigenvalue weighted by Crippen LogP contribution is -2.33. The van der Waals surface area contributed by atoms with Crippen molar-refractivity contribution in [3.63, 3.8) is 0 Å². The van der Waals surface area contributed by atoms with Crippen molar-refractivity contribution in [1.29, 1.82) is 0 Å². The third-order valence-electron chi connectivity index (χ3n) is 7.64. The smallest absolute Gasteiger partial charge is 0.320 e. The van der Waals surface area contributed by atoms with Crippen molar-refractivity contribution >= 4 is 11.9 Å². The van der Waals surface area contributed by atoms with Crippen molar-refractivity contribution < 1.29 is 13.2 Å². The van der Waals surface area contributed by atoms with E-state index in [1.165, 1.54) is 25.1 Å². The molecule has 3 heterocycles. The molecule has 1 aromatic carbocycles. The van der Waals surface area contributed by atoms with Gasteiger partial charge in [-0.2, -0.15) is 13.2 Å². The minimum absolute atomic E-state index is 0.0806. The molecule has 37 heavy (non-hydrogen) atoms. The lowest BCUT2D eigenvalue weighted by Gasteiger charge is -2.33. The molecule has 0 bridgehead atoms. The first-order valence-electron chi connectivity index (χ1n) is 13.0. The van der Waals surface area contributed by atoms with Gasteiger partial charge in [-0.1, -0.05) is 25.5 Å². The predicted octanol–water partition coefficient (Wildman–Crippen LogP) is 6.14. The minimum Gasteiger partial charge on any atom is -0.320 e. The average molecular weight is 511 g/mol. The molecular formula is C28H33F3N6. The highest BCUT2D eigenvalue weighted by molar-refractivity contribution is 5.82. The molecule has 3 aromatic rings. The number of nitrogens with zero attached hydrogens (tertiary/aromatic N) is 6. The summed E-state index contributed by atoms with van der Waals surface area (Å²) >= 11 is 0. The van der Waals surface area contributed by atoms with Crippen molar-refractivity contribution in [3.05, 3.63) is 71.1 Å². The van der Waals surface area contributed by atoms with Crippen molar-refractivity contribution in [2.75, 3.05) is 13.1 Å². The number of likely N-dealkylation sites (tertiary alicyclic amines) is 1. The van der Waals surface area contributed by atoms with Gasteiger partial charge in [-0.15, -0.1) is 10.2 Å². The molecule has 1 aliphatic carbocycles. The van der Waals surface area contributed by atoms with E-state index in [1.807, 2.05) is 29.8 Å². The number of aromatic nitrogens is 4. The van der Waals surface area contributed by atoms with Gasteiger partial charge in [0.15, 0.2) is 0 Å². The highest BCUT2D eigenvalue weighted by atomic mass is 19.4. The third kappa shape index (κ3) is 5.92. The maximum Gasteiger partial charge on any atom is 0.418 e. The second-order valence-corrected chi connectivity index (χ2v) is 10.6. The first-order valence-corrected chi connectivity index (χ1v) is 13.0. The Balaban J connectivity index is 1.39. The second kappa shape index (κ2) is 10.7. The fraction of sp³-hybridized carbons (Fsp3) is 0.500. The Morgan fingerprint density at radius 3 is 2.68 bits per heavy atom. The van der Waals surface area contributed by atoms with E-state index in [4.69, 9.17) is 0 Å². The second-order valence-electron chi connectivity index (χ2n) is 10.6. The van der Waals surface area contributed by atoms with E-state index in [9.17, 15) is 13.2 Å². The van der Waals surface area contributed by atoms with E-state index in [-0.39, 0.29) is 11.6 Å². The van der Waals surface area contributed by atoms with Gasteiger partial charge < -0.3 is 4.57 Å². The third-order valence-corrected chi connectivity index (χ3v) is 7.64. The Bertz CT molecular complexity index is 1250. The molecule has 1 saturated carbocycles. The fourth-order valence-electron chi connectivity index (χ4n) is 5.54. The Kier molecular flexibility index (Phi) is 7.42. The molecule has 1 saturated heterocycles. The van der Waals surface area contributed by atoms with Crippen LogP contribution >= 0.6 is 0 Å². The average Bonchev–Trinajstić information content (AvgIpc) is 3.25. The van der Waals surface area contributed by atoms with Gasteiger partial charge in [0.1, 0.15) is 12.2 Å². The Hall–Kier alpha value is -3.07. The van der Waals surface area contributed by atoms with Crippen LogP contribution in [0.3, 0.4) is 0 Å². The maximum atomic E-state index is 14.0. The molecule has 1 unspecified atom stereocenters. The molecule has 6 nitrogen and oxygen atoms in total. The van der Waals surface area contributed by atoms with Crippen LogP contribution in [0.5, 0.6) is 0 Å². The van der Waals surface area contributed by atoms with Crippen LogP contribution in [0.4, 0.5) is 18.9 Å². The molecule has 0 N–H and O–H groups in total. The van der Waals surface area contributed by atoms with Crippen molar-refractivity contribution in [1.82, 2.24) is 24.6 Å². The summed E-state index contributed by atoms with van der Waals surface area (Å²) in [6.07, 6.45) is 5.63. The van der Waals surface area contributed by atoms with E-state index < -0.39 is 11.7 Å². The molecule has 2 atom stereocenters. The molecule has 5 rings (SSSR count). The largest absolute Gasteiger partial charge is 0.418 e. The molecule has 0 spiro atoms. The molecule has 2 fully saturated rings. The zero-order valence-corrected chi connectivity index (χ0v) is 21.3. The van der Waals surface area contributed by atoms with E-state index in [2.05, 4.69) is 32.0 Å². The van der Waals surface area contributed by atoms with Crippen molar-refractivity contribution in [3.8, 4) is 0 Å². The van der Waals surface area contributed by atoms with E-state index in [1.54, 1.807) is 18.6 Å². The van der Waals surface area contributed by atoms with Gasteiger partial charge in [0.2, 0.25) is 0 Å². The first-order chi connectivity index (χ1) is 17.8. The highest BCUT2D eigenvalue weighted by Crippen LogP contribution is 2.43. The van der Waals surface area contributed by atoms with E-state index >= 15 is 0 Å². The molecule has 1 aliphatic heterocycles. The quantitative estimate of drug-likeness (QED) is 0.358. The topological polar surface area (TPSA) is 59.2 Å². The number of piperidine rings is 1. The van der Waals surface area contributed by atoms with Crippen molar-refractivity contribution in [2.24, 2.45) is 23.9 Å². The first kappa shape index (κ1) is 25.6. The number of rotatable bonds is 7.